The standard InChI is InChI=1S/C27H19F2N5O3.C2H6/c1-34-19-7-2-3-8-20(19)37-23(27(34)36)14-9-11-15(12-10-14)31-25-22-18(13-30-26(22)35)32-24(33-25)21-16(28)5-4-6-17(21)29;1-2/h2-12,23H,13H2,1H3,(H,30,35)(H,31,32,33);1-2H3. The molecule has 0 fully saturated rings. The monoisotopic (exact) mass is 529 g/mol. The Morgan fingerprint density at radius 2 is 1.62 bits per heavy atom. The average Bonchev–Trinajstić information content (AvgIpc) is 3.33. The number of aromatic nitrogens is 2. The fourth-order valence-electron chi connectivity index (χ4n) is 4.43. The third-order valence-electron chi connectivity index (χ3n) is 6.32. The Hall–Kier alpha value is -4.86. The first-order valence-corrected chi connectivity index (χ1v) is 12.4. The van der Waals surface area contributed by atoms with Gasteiger partial charge in [-0.2, -0.15) is 0 Å². The van der Waals surface area contributed by atoms with E-state index >= 15 is 0 Å². The highest BCUT2D eigenvalue weighted by Gasteiger charge is 2.33. The van der Waals surface area contributed by atoms with Crippen LogP contribution < -0.4 is 20.3 Å². The molecule has 3 heterocycles. The van der Waals surface area contributed by atoms with Crippen LogP contribution >= 0.6 is 0 Å². The zero-order valence-electron chi connectivity index (χ0n) is 21.5. The molecule has 10 heteroatoms. The lowest BCUT2D eigenvalue weighted by Crippen LogP contribution is -2.38. The topological polar surface area (TPSA) is 96.5 Å². The van der Waals surface area contributed by atoms with Crippen LogP contribution in [0.2, 0.25) is 0 Å². The van der Waals surface area contributed by atoms with Gasteiger partial charge < -0.3 is 20.3 Å². The molecule has 2 N–H and O–H groups in total. The van der Waals surface area contributed by atoms with Gasteiger partial charge in [0.15, 0.2) is 5.82 Å². The number of fused-ring (bicyclic) bond motifs is 2. The van der Waals surface area contributed by atoms with Crippen LogP contribution in [0, 0.1) is 11.6 Å². The lowest BCUT2D eigenvalue weighted by molar-refractivity contribution is -0.126. The van der Waals surface area contributed by atoms with E-state index in [9.17, 15) is 18.4 Å². The number of nitrogens with one attached hydrogen (secondary N) is 2. The van der Waals surface area contributed by atoms with Gasteiger partial charge in [0.1, 0.15) is 28.8 Å². The van der Waals surface area contributed by atoms with Gasteiger partial charge in [0.25, 0.3) is 11.8 Å². The van der Waals surface area contributed by atoms with Crippen molar-refractivity contribution in [2.45, 2.75) is 26.5 Å². The van der Waals surface area contributed by atoms with Gasteiger partial charge in [-0.1, -0.05) is 44.2 Å². The van der Waals surface area contributed by atoms with Crippen molar-refractivity contribution in [2.24, 2.45) is 0 Å². The molecule has 1 unspecified atom stereocenters. The summed E-state index contributed by atoms with van der Waals surface area (Å²) < 4.78 is 34.8. The van der Waals surface area contributed by atoms with Gasteiger partial charge in [-0.25, -0.2) is 18.7 Å². The molecule has 2 aliphatic heterocycles. The van der Waals surface area contributed by atoms with Crippen molar-refractivity contribution in [3.63, 3.8) is 0 Å². The number of anilines is 3. The maximum Gasteiger partial charge on any atom is 0.272 e. The lowest BCUT2D eigenvalue weighted by Gasteiger charge is -2.32. The number of rotatable bonds is 4. The number of likely N-dealkylation sites (N-methyl/N-ethyl adjacent to an activating group) is 1. The molecule has 1 atom stereocenters. The molecule has 6 rings (SSSR count). The SMILES string of the molecule is CC.CN1C(=O)C(c2ccc(Nc3nc(-c4c(F)cccc4F)nc4c3C(=O)NC4)cc2)Oc2ccccc21. The number of amides is 2. The first-order valence-electron chi connectivity index (χ1n) is 12.4. The van der Waals surface area contributed by atoms with Gasteiger partial charge in [-0.05, 0) is 36.4 Å². The first-order chi connectivity index (χ1) is 18.9. The third-order valence-corrected chi connectivity index (χ3v) is 6.32. The Bertz CT molecular complexity index is 1560. The van der Waals surface area contributed by atoms with E-state index in [1.807, 2.05) is 32.0 Å². The minimum atomic E-state index is -0.821. The normalized spacial score (nSPS) is 15.4. The fourth-order valence-corrected chi connectivity index (χ4v) is 4.43. The van der Waals surface area contributed by atoms with E-state index < -0.39 is 23.6 Å². The predicted octanol–water partition coefficient (Wildman–Crippen LogP) is 5.53. The van der Waals surface area contributed by atoms with Crippen molar-refractivity contribution in [3.05, 3.63) is 95.2 Å². The minimum Gasteiger partial charge on any atom is -0.474 e. The highest BCUT2D eigenvalue weighted by molar-refractivity contribution is 6.03. The molecule has 8 nitrogen and oxygen atoms in total. The lowest BCUT2D eigenvalue weighted by atomic mass is 10.1. The molecule has 1 aromatic heterocycles. The highest BCUT2D eigenvalue weighted by atomic mass is 19.1. The van der Waals surface area contributed by atoms with Crippen molar-refractivity contribution in [3.8, 4) is 17.1 Å². The maximum atomic E-state index is 14.4. The molecule has 0 radical (unpaired) electrons. The Kier molecular flexibility index (Phi) is 6.93. The Balaban J connectivity index is 0.00000151. The fraction of sp³-hybridized carbons (Fsp3) is 0.172. The molecule has 198 valence electrons. The number of carbonyl (C=O) groups is 2. The van der Waals surface area contributed by atoms with Crippen molar-refractivity contribution in [1.29, 1.82) is 0 Å². The van der Waals surface area contributed by atoms with E-state index in [-0.39, 0.29) is 35.2 Å². The van der Waals surface area contributed by atoms with Gasteiger partial charge >= 0.3 is 0 Å². The van der Waals surface area contributed by atoms with E-state index in [4.69, 9.17) is 4.74 Å². The van der Waals surface area contributed by atoms with E-state index in [0.717, 1.165) is 12.1 Å². The van der Waals surface area contributed by atoms with Crippen LogP contribution in [0.1, 0.15) is 41.6 Å². The number of para-hydroxylation sites is 2. The van der Waals surface area contributed by atoms with E-state index in [1.165, 1.54) is 6.07 Å². The molecule has 2 amide bonds. The molecule has 0 saturated heterocycles. The number of benzene rings is 3. The van der Waals surface area contributed by atoms with Crippen LogP contribution in [-0.4, -0.2) is 28.8 Å². The number of ether oxygens (including phenoxy) is 1. The van der Waals surface area contributed by atoms with Crippen LogP contribution in [0.15, 0.2) is 66.7 Å². The molecule has 0 bridgehead atoms. The van der Waals surface area contributed by atoms with Crippen LogP contribution in [0.3, 0.4) is 0 Å². The van der Waals surface area contributed by atoms with Crippen LogP contribution in [0.25, 0.3) is 11.4 Å². The largest absolute Gasteiger partial charge is 0.474 e. The van der Waals surface area contributed by atoms with Crippen molar-refractivity contribution >= 4 is 29.0 Å². The Morgan fingerprint density at radius 1 is 0.923 bits per heavy atom. The zero-order chi connectivity index (χ0) is 27.7. The molecule has 2 aliphatic rings. The number of halogens is 2. The quantitative estimate of drug-likeness (QED) is 0.361. The van der Waals surface area contributed by atoms with Gasteiger partial charge in [0.2, 0.25) is 6.10 Å². The van der Waals surface area contributed by atoms with Crippen LogP contribution in [-0.2, 0) is 11.3 Å². The molecule has 0 aliphatic carbocycles. The van der Waals surface area contributed by atoms with Crippen molar-refractivity contribution in [2.75, 3.05) is 17.3 Å². The number of carbonyl (C=O) groups excluding carboxylic acids is 2. The second kappa shape index (κ2) is 10.5. The number of nitrogens with zero attached hydrogens (tertiary/aromatic N) is 3. The number of hydrogen-bond donors (Lipinski definition) is 2. The van der Waals surface area contributed by atoms with Gasteiger partial charge in [0.05, 0.1) is 23.5 Å². The number of hydrogen-bond acceptors (Lipinski definition) is 6. The summed E-state index contributed by atoms with van der Waals surface area (Å²) in [6.07, 6.45) is -0.821. The summed E-state index contributed by atoms with van der Waals surface area (Å²) in [4.78, 5) is 35.5. The van der Waals surface area contributed by atoms with Crippen molar-refractivity contribution in [1.82, 2.24) is 15.3 Å². The first kappa shape index (κ1) is 25.8. The van der Waals surface area contributed by atoms with Gasteiger partial charge in [0, 0.05) is 18.3 Å². The second-order valence-corrected chi connectivity index (χ2v) is 8.61. The summed E-state index contributed by atoms with van der Waals surface area (Å²) in [6.45, 7) is 4.11. The zero-order valence-corrected chi connectivity index (χ0v) is 21.5. The van der Waals surface area contributed by atoms with Gasteiger partial charge in [-0.15, -0.1) is 0 Å². The summed E-state index contributed by atoms with van der Waals surface area (Å²) in [6, 6.07) is 17.7. The van der Waals surface area contributed by atoms with E-state index in [1.54, 1.807) is 42.3 Å². The molecule has 0 spiro atoms. The molecular formula is C29H25F2N5O3. The molecule has 39 heavy (non-hydrogen) atoms. The third kappa shape index (κ3) is 4.65. The summed E-state index contributed by atoms with van der Waals surface area (Å²) in [7, 11) is 1.70. The highest BCUT2D eigenvalue weighted by Crippen LogP contribution is 2.38. The van der Waals surface area contributed by atoms with Crippen molar-refractivity contribution < 1.29 is 23.1 Å². The van der Waals surface area contributed by atoms with Gasteiger partial charge in [-0.3, -0.25) is 9.59 Å². The second-order valence-electron chi connectivity index (χ2n) is 8.61. The predicted molar refractivity (Wildman–Crippen MR) is 143 cm³/mol. The molecule has 0 saturated carbocycles. The summed E-state index contributed by atoms with van der Waals surface area (Å²) >= 11 is 0. The summed E-state index contributed by atoms with van der Waals surface area (Å²) in [5.74, 6) is -1.67. The summed E-state index contributed by atoms with van der Waals surface area (Å²) in [5, 5.41) is 5.72. The van der Waals surface area contributed by atoms with Crippen LogP contribution in [0.4, 0.5) is 26.0 Å². The van der Waals surface area contributed by atoms with E-state index in [2.05, 4.69) is 20.6 Å². The smallest absolute Gasteiger partial charge is 0.272 e. The Labute approximate surface area is 223 Å². The Morgan fingerprint density at radius 3 is 2.33 bits per heavy atom. The molecule has 4 aromatic rings. The molecule has 3 aromatic carbocycles. The van der Waals surface area contributed by atoms with Crippen LogP contribution in [0.5, 0.6) is 5.75 Å². The molecular weight excluding hydrogens is 504 g/mol. The minimum absolute atomic E-state index is 0.115. The van der Waals surface area contributed by atoms with E-state index in [0.29, 0.717) is 28.4 Å². The maximum absolute atomic E-state index is 14.4. The summed E-state index contributed by atoms with van der Waals surface area (Å²) in [5.41, 5.74) is 2.03. The average molecular weight is 530 g/mol.